The van der Waals surface area contributed by atoms with Crippen LogP contribution in [0.1, 0.15) is 36.7 Å². The van der Waals surface area contributed by atoms with Crippen LogP contribution in [0.25, 0.3) is 0 Å². The molecule has 2 amide bonds. The molecule has 0 aliphatic carbocycles. The molecule has 2 aromatic rings. The van der Waals surface area contributed by atoms with Crippen LogP contribution < -0.4 is 10.6 Å². The first-order valence-corrected chi connectivity index (χ1v) is 9.36. The van der Waals surface area contributed by atoms with Gasteiger partial charge in [-0.1, -0.05) is 31.5 Å². The zero-order valence-corrected chi connectivity index (χ0v) is 16.7. The Morgan fingerprint density at radius 2 is 1.54 bits per heavy atom. The number of hydrogen-bond acceptors (Lipinski definition) is 2. The van der Waals surface area contributed by atoms with E-state index in [9.17, 15) is 18.4 Å². The molecular weight excluding hydrogens is 386 g/mol. The predicted octanol–water partition coefficient (Wildman–Crippen LogP) is 4.12. The van der Waals surface area contributed by atoms with E-state index in [2.05, 4.69) is 10.6 Å². The van der Waals surface area contributed by atoms with E-state index in [0.29, 0.717) is 10.6 Å². The van der Waals surface area contributed by atoms with Crippen molar-refractivity contribution in [3.8, 4) is 0 Å². The minimum atomic E-state index is -0.795. The molecule has 0 radical (unpaired) electrons. The van der Waals surface area contributed by atoms with E-state index in [-0.39, 0.29) is 17.9 Å². The monoisotopic (exact) mass is 408 g/mol. The van der Waals surface area contributed by atoms with E-state index < -0.39 is 35.5 Å². The molecule has 0 saturated heterocycles. The van der Waals surface area contributed by atoms with Gasteiger partial charge in [-0.25, -0.2) is 8.78 Å². The second kappa shape index (κ2) is 9.64. The smallest absolute Gasteiger partial charge is 0.251 e. The second-order valence-electron chi connectivity index (χ2n) is 7.02. The molecule has 2 N–H and O–H groups in total. The minimum absolute atomic E-state index is 0.000191. The van der Waals surface area contributed by atoms with Crippen molar-refractivity contribution in [2.24, 2.45) is 5.92 Å². The molecule has 0 fully saturated rings. The number of hydrogen-bond donors (Lipinski definition) is 2. The normalized spacial score (nSPS) is 13.1. The van der Waals surface area contributed by atoms with Crippen LogP contribution in [-0.2, 0) is 11.2 Å². The van der Waals surface area contributed by atoms with Gasteiger partial charge in [0.15, 0.2) is 0 Å². The molecule has 2 atom stereocenters. The SMILES string of the molecule is CC(Cc1c(F)cccc1F)NC(=O)C(NC(=O)c1ccc(Cl)cc1)C(C)C. The fourth-order valence-corrected chi connectivity index (χ4v) is 2.90. The molecule has 2 aromatic carbocycles. The van der Waals surface area contributed by atoms with E-state index in [0.717, 1.165) is 0 Å². The van der Waals surface area contributed by atoms with Crippen LogP contribution in [0.3, 0.4) is 0 Å². The molecule has 0 aromatic heterocycles. The van der Waals surface area contributed by atoms with Crippen LogP contribution in [0, 0.1) is 17.6 Å². The van der Waals surface area contributed by atoms with E-state index in [4.69, 9.17) is 11.6 Å². The van der Waals surface area contributed by atoms with E-state index in [1.54, 1.807) is 45.0 Å². The number of carbonyl (C=O) groups excluding carboxylic acids is 2. The molecule has 4 nitrogen and oxygen atoms in total. The van der Waals surface area contributed by atoms with E-state index in [1.807, 2.05) is 0 Å². The Morgan fingerprint density at radius 3 is 2.07 bits per heavy atom. The van der Waals surface area contributed by atoms with Gasteiger partial charge in [-0.3, -0.25) is 9.59 Å². The maximum Gasteiger partial charge on any atom is 0.251 e. The first kappa shape index (κ1) is 21.8. The molecule has 0 bridgehead atoms. The molecule has 2 rings (SSSR count). The topological polar surface area (TPSA) is 58.2 Å². The third-order valence-electron chi connectivity index (χ3n) is 4.30. The highest BCUT2D eigenvalue weighted by Crippen LogP contribution is 2.15. The summed E-state index contributed by atoms with van der Waals surface area (Å²) in [5.41, 5.74) is 0.297. The largest absolute Gasteiger partial charge is 0.352 e. The molecule has 0 heterocycles. The van der Waals surface area contributed by atoms with Crippen molar-refractivity contribution < 1.29 is 18.4 Å². The quantitative estimate of drug-likeness (QED) is 0.724. The molecule has 7 heteroatoms. The summed E-state index contributed by atoms with van der Waals surface area (Å²) in [5, 5.41) is 5.93. The fraction of sp³-hybridized carbons (Fsp3) is 0.333. The number of carbonyl (C=O) groups is 2. The fourth-order valence-electron chi connectivity index (χ4n) is 2.78. The van der Waals surface area contributed by atoms with Crippen molar-refractivity contribution >= 4 is 23.4 Å². The number of halogens is 3. The van der Waals surface area contributed by atoms with Crippen molar-refractivity contribution in [3.05, 3.63) is 70.2 Å². The summed E-state index contributed by atoms with van der Waals surface area (Å²) < 4.78 is 27.6. The molecule has 150 valence electrons. The lowest BCUT2D eigenvalue weighted by molar-refractivity contribution is -0.124. The third-order valence-corrected chi connectivity index (χ3v) is 4.55. The Bertz CT molecular complexity index is 821. The van der Waals surface area contributed by atoms with Crippen molar-refractivity contribution in [1.29, 1.82) is 0 Å². The lowest BCUT2D eigenvalue weighted by Gasteiger charge is -2.24. The Hall–Kier alpha value is -2.47. The predicted molar refractivity (Wildman–Crippen MR) is 105 cm³/mol. The summed E-state index contributed by atoms with van der Waals surface area (Å²) in [6.45, 7) is 5.25. The first-order chi connectivity index (χ1) is 13.2. The number of rotatable bonds is 7. The number of amides is 2. The van der Waals surface area contributed by atoms with Crippen LogP contribution in [0.4, 0.5) is 8.78 Å². The maximum absolute atomic E-state index is 13.8. The molecular formula is C21H23ClF2N2O2. The van der Waals surface area contributed by atoms with Gasteiger partial charge in [-0.15, -0.1) is 0 Å². The van der Waals surface area contributed by atoms with Crippen LogP contribution in [-0.4, -0.2) is 23.9 Å². The third kappa shape index (κ3) is 5.76. The summed E-state index contributed by atoms with van der Waals surface area (Å²) in [6, 6.07) is 8.64. The van der Waals surface area contributed by atoms with Gasteiger partial charge in [0.25, 0.3) is 5.91 Å². The average molecular weight is 409 g/mol. The van der Waals surface area contributed by atoms with Gasteiger partial charge in [0.2, 0.25) is 5.91 Å². The summed E-state index contributed by atoms with van der Waals surface area (Å²) >= 11 is 5.82. The molecule has 0 aliphatic heterocycles. The molecule has 2 unspecified atom stereocenters. The standard InChI is InChI=1S/C21H23ClF2N2O2/c1-12(2)19(26-20(27)14-7-9-15(22)10-8-14)21(28)25-13(3)11-16-17(23)5-4-6-18(16)24/h4-10,12-13,19H,11H2,1-3H3,(H,25,28)(H,26,27). The van der Waals surface area contributed by atoms with Gasteiger partial charge < -0.3 is 10.6 Å². The summed E-state index contributed by atoms with van der Waals surface area (Å²) in [6.07, 6.45) is 0.000191. The van der Waals surface area contributed by atoms with Crippen molar-refractivity contribution in [2.75, 3.05) is 0 Å². The van der Waals surface area contributed by atoms with Crippen molar-refractivity contribution in [3.63, 3.8) is 0 Å². The maximum atomic E-state index is 13.8. The summed E-state index contributed by atoms with van der Waals surface area (Å²) in [7, 11) is 0. The highest BCUT2D eigenvalue weighted by molar-refractivity contribution is 6.30. The molecule has 28 heavy (non-hydrogen) atoms. The Balaban J connectivity index is 2.03. The average Bonchev–Trinajstić information content (AvgIpc) is 2.62. The highest BCUT2D eigenvalue weighted by atomic mass is 35.5. The van der Waals surface area contributed by atoms with Crippen LogP contribution in [0.5, 0.6) is 0 Å². The molecule has 0 spiro atoms. The van der Waals surface area contributed by atoms with E-state index >= 15 is 0 Å². The number of benzene rings is 2. The Morgan fingerprint density at radius 1 is 0.964 bits per heavy atom. The van der Waals surface area contributed by atoms with Crippen LogP contribution in [0.2, 0.25) is 5.02 Å². The van der Waals surface area contributed by atoms with Gasteiger partial charge >= 0.3 is 0 Å². The first-order valence-electron chi connectivity index (χ1n) is 8.98. The summed E-state index contributed by atoms with van der Waals surface area (Å²) in [4.78, 5) is 25.0. The Labute approximate surface area is 168 Å². The zero-order valence-electron chi connectivity index (χ0n) is 15.9. The second-order valence-corrected chi connectivity index (χ2v) is 7.45. The van der Waals surface area contributed by atoms with Gasteiger partial charge in [0.05, 0.1) is 0 Å². The van der Waals surface area contributed by atoms with Crippen molar-refractivity contribution in [2.45, 2.75) is 39.3 Å². The van der Waals surface area contributed by atoms with Gasteiger partial charge in [0.1, 0.15) is 17.7 Å². The molecule has 0 saturated carbocycles. The van der Waals surface area contributed by atoms with Gasteiger partial charge in [-0.2, -0.15) is 0 Å². The van der Waals surface area contributed by atoms with Gasteiger partial charge in [0, 0.05) is 22.2 Å². The highest BCUT2D eigenvalue weighted by Gasteiger charge is 2.26. The van der Waals surface area contributed by atoms with Crippen molar-refractivity contribution in [1.82, 2.24) is 10.6 Å². The van der Waals surface area contributed by atoms with Crippen LogP contribution >= 0.6 is 11.6 Å². The number of nitrogens with one attached hydrogen (secondary N) is 2. The van der Waals surface area contributed by atoms with Crippen LogP contribution in [0.15, 0.2) is 42.5 Å². The lowest BCUT2D eigenvalue weighted by atomic mass is 10.0. The minimum Gasteiger partial charge on any atom is -0.352 e. The van der Waals surface area contributed by atoms with E-state index in [1.165, 1.54) is 18.2 Å². The van der Waals surface area contributed by atoms with Gasteiger partial charge in [-0.05, 0) is 55.7 Å². The molecule has 0 aliphatic rings. The zero-order chi connectivity index (χ0) is 20.8. The Kier molecular flexibility index (Phi) is 7.52. The summed E-state index contributed by atoms with van der Waals surface area (Å²) in [5.74, 6) is -2.32. The lowest BCUT2D eigenvalue weighted by Crippen LogP contribution is -2.52.